The number of ether oxygens (including phenoxy) is 1. The molecule has 0 heterocycles. The Morgan fingerprint density at radius 2 is 1.75 bits per heavy atom. The molecule has 0 saturated heterocycles. The van der Waals surface area contributed by atoms with Gasteiger partial charge in [0.1, 0.15) is 5.82 Å². The molecule has 6 heteroatoms. The van der Waals surface area contributed by atoms with Crippen LogP contribution in [0.15, 0.2) is 48.5 Å². The highest BCUT2D eigenvalue weighted by Crippen LogP contribution is 2.16. The van der Waals surface area contributed by atoms with Crippen molar-refractivity contribution in [2.75, 3.05) is 25.6 Å². The van der Waals surface area contributed by atoms with Crippen molar-refractivity contribution in [3.8, 4) is 0 Å². The van der Waals surface area contributed by atoms with Crippen LogP contribution in [-0.2, 0) is 4.74 Å². The Hall–Kier alpha value is -2.73. The van der Waals surface area contributed by atoms with Gasteiger partial charge in [-0.25, -0.2) is 4.39 Å². The molecular weight excluding hydrogens is 311 g/mol. The highest BCUT2D eigenvalue weighted by Gasteiger charge is 2.13. The van der Waals surface area contributed by atoms with E-state index in [0.29, 0.717) is 36.4 Å². The summed E-state index contributed by atoms with van der Waals surface area (Å²) >= 11 is 0. The first kappa shape index (κ1) is 17.6. The van der Waals surface area contributed by atoms with Crippen LogP contribution in [0.1, 0.15) is 27.1 Å². The van der Waals surface area contributed by atoms with Crippen LogP contribution < -0.4 is 10.6 Å². The van der Waals surface area contributed by atoms with Gasteiger partial charge < -0.3 is 15.4 Å². The van der Waals surface area contributed by atoms with Gasteiger partial charge in [-0.2, -0.15) is 0 Å². The summed E-state index contributed by atoms with van der Waals surface area (Å²) in [5.41, 5.74) is 1.08. The largest absolute Gasteiger partial charge is 0.385 e. The van der Waals surface area contributed by atoms with Gasteiger partial charge in [0.2, 0.25) is 0 Å². The zero-order chi connectivity index (χ0) is 17.4. The predicted molar refractivity (Wildman–Crippen MR) is 89.6 cm³/mol. The topological polar surface area (TPSA) is 67.4 Å². The second-order valence-corrected chi connectivity index (χ2v) is 5.11. The van der Waals surface area contributed by atoms with E-state index >= 15 is 0 Å². The number of carbonyl (C=O) groups excluding carboxylic acids is 2. The van der Waals surface area contributed by atoms with Crippen molar-refractivity contribution in [3.63, 3.8) is 0 Å². The Kier molecular flexibility index (Phi) is 6.45. The molecule has 0 bridgehead atoms. The number of methoxy groups -OCH3 is 1. The summed E-state index contributed by atoms with van der Waals surface area (Å²) in [7, 11) is 1.60. The van der Waals surface area contributed by atoms with E-state index < -0.39 is 11.7 Å². The van der Waals surface area contributed by atoms with E-state index in [1.54, 1.807) is 31.4 Å². The first-order valence-electron chi connectivity index (χ1n) is 7.55. The molecule has 24 heavy (non-hydrogen) atoms. The normalized spacial score (nSPS) is 10.2. The van der Waals surface area contributed by atoms with Crippen molar-refractivity contribution in [1.82, 2.24) is 5.32 Å². The summed E-state index contributed by atoms with van der Waals surface area (Å²) in [4.78, 5) is 24.5. The molecule has 2 amide bonds. The minimum Gasteiger partial charge on any atom is -0.385 e. The highest BCUT2D eigenvalue weighted by atomic mass is 19.1. The van der Waals surface area contributed by atoms with E-state index in [1.807, 2.05) is 0 Å². The third kappa shape index (κ3) is 4.89. The fourth-order valence-corrected chi connectivity index (χ4v) is 2.10. The summed E-state index contributed by atoms with van der Waals surface area (Å²) in [6.07, 6.45) is 0.701. The van der Waals surface area contributed by atoms with Crippen LogP contribution in [0.3, 0.4) is 0 Å². The van der Waals surface area contributed by atoms with Crippen LogP contribution in [-0.4, -0.2) is 32.1 Å². The molecule has 5 nitrogen and oxygen atoms in total. The molecule has 0 spiro atoms. The molecule has 126 valence electrons. The fourth-order valence-electron chi connectivity index (χ4n) is 2.10. The molecule has 0 saturated carbocycles. The predicted octanol–water partition coefficient (Wildman–Crippen LogP) is 2.84. The summed E-state index contributed by atoms with van der Waals surface area (Å²) in [6, 6.07) is 11.9. The van der Waals surface area contributed by atoms with Gasteiger partial charge in [-0.15, -0.1) is 0 Å². The second-order valence-electron chi connectivity index (χ2n) is 5.11. The standard InChI is InChI=1S/C18H19FN2O3/c1-24-12-4-11-20-18(23)15-5-2-3-6-16(15)21-17(22)13-7-9-14(19)10-8-13/h2-3,5-10H,4,11-12H2,1H3,(H,20,23)(H,21,22). The van der Waals surface area contributed by atoms with Crippen LogP contribution in [0.4, 0.5) is 10.1 Å². The lowest BCUT2D eigenvalue weighted by molar-refractivity contribution is 0.0949. The molecule has 0 aromatic heterocycles. The average Bonchev–Trinajstić information content (AvgIpc) is 2.59. The maximum Gasteiger partial charge on any atom is 0.255 e. The first-order valence-corrected chi connectivity index (χ1v) is 7.55. The minimum atomic E-state index is -0.414. The molecule has 0 aliphatic rings. The lowest BCUT2D eigenvalue weighted by atomic mass is 10.1. The van der Waals surface area contributed by atoms with E-state index in [0.717, 1.165) is 0 Å². The highest BCUT2D eigenvalue weighted by molar-refractivity contribution is 6.08. The molecule has 0 aliphatic carbocycles. The maximum atomic E-state index is 12.9. The van der Waals surface area contributed by atoms with Crippen molar-refractivity contribution in [1.29, 1.82) is 0 Å². The Morgan fingerprint density at radius 1 is 1.04 bits per heavy atom. The Balaban J connectivity index is 2.06. The monoisotopic (exact) mass is 330 g/mol. The van der Waals surface area contributed by atoms with Crippen LogP contribution in [0.5, 0.6) is 0 Å². The van der Waals surface area contributed by atoms with Gasteiger partial charge in [0.15, 0.2) is 0 Å². The van der Waals surface area contributed by atoms with Gasteiger partial charge in [-0.3, -0.25) is 9.59 Å². The lowest BCUT2D eigenvalue weighted by Crippen LogP contribution is -2.26. The summed E-state index contributed by atoms with van der Waals surface area (Å²) < 4.78 is 17.9. The summed E-state index contributed by atoms with van der Waals surface area (Å²) in [6.45, 7) is 1.04. The molecule has 0 atom stereocenters. The van der Waals surface area contributed by atoms with Gasteiger partial charge >= 0.3 is 0 Å². The number of rotatable bonds is 7. The van der Waals surface area contributed by atoms with Crippen LogP contribution in [0, 0.1) is 5.82 Å². The fraction of sp³-hybridized carbons (Fsp3) is 0.222. The Bertz CT molecular complexity index is 702. The Morgan fingerprint density at radius 3 is 2.46 bits per heavy atom. The molecule has 0 radical (unpaired) electrons. The third-order valence-electron chi connectivity index (χ3n) is 3.34. The van der Waals surface area contributed by atoms with Crippen LogP contribution in [0.2, 0.25) is 0 Å². The zero-order valence-corrected chi connectivity index (χ0v) is 13.3. The number of amides is 2. The summed E-state index contributed by atoms with van der Waals surface area (Å²) in [5, 5.41) is 5.46. The molecule has 0 fully saturated rings. The van der Waals surface area contributed by atoms with Gasteiger partial charge in [0.05, 0.1) is 11.3 Å². The van der Waals surface area contributed by atoms with Crippen LogP contribution >= 0.6 is 0 Å². The van der Waals surface area contributed by atoms with E-state index in [-0.39, 0.29) is 5.91 Å². The van der Waals surface area contributed by atoms with E-state index in [4.69, 9.17) is 4.74 Å². The lowest BCUT2D eigenvalue weighted by Gasteiger charge is -2.11. The number of para-hydroxylation sites is 1. The number of hydrogen-bond donors (Lipinski definition) is 2. The summed E-state index contributed by atoms with van der Waals surface area (Å²) in [5.74, 6) is -1.10. The van der Waals surface area contributed by atoms with Crippen molar-refractivity contribution in [3.05, 3.63) is 65.5 Å². The van der Waals surface area contributed by atoms with E-state index in [1.165, 1.54) is 24.3 Å². The zero-order valence-electron chi connectivity index (χ0n) is 13.3. The Labute approximate surface area is 139 Å². The number of anilines is 1. The minimum absolute atomic E-state index is 0.277. The maximum absolute atomic E-state index is 12.9. The molecule has 2 rings (SSSR count). The van der Waals surface area contributed by atoms with E-state index in [9.17, 15) is 14.0 Å². The van der Waals surface area contributed by atoms with Gasteiger partial charge in [-0.1, -0.05) is 12.1 Å². The van der Waals surface area contributed by atoms with Crippen molar-refractivity contribution < 1.29 is 18.7 Å². The molecule has 2 N–H and O–H groups in total. The molecule has 0 unspecified atom stereocenters. The van der Waals surface area contributed by atoms with Crippen molar-refractivity contribution >= 4 is 17.5 Å². The van der Waals surface area contributed by atoms with Gasteiger partial charge in [-0.05, 0) is 42.8 Å². The van der Waals surface area contributed by atoms with E-state index in [2.05, 4.69) is 10.6 Å². The molecule has 2 aromatic carbocycles. The number of carbonyl (C=O) groups is 2. The van der Waals surface area contributed by atoms with Crippen molar-refractivity contribution in [2.24, 2.45) is 0 Å². The SMILES string of the molecule is COCCCNC(=O)c1ccccc1NC(=O)c1ccc(F)cc1. The average molecular weight is 330 g/mol. The first-order chi connectivity index (χ1) is 11.6. The number of halogens is 1. The quantitative estimate of drug-likeness (QED) is 0.767. The number of nitrogens with one attached hydrogen (secondary N) is 2. The molecular formula is C18H19FN2O3. The van der Waals surface area contributed by atoms with Crippen molar-refractivity contribution in [2.45, 2.75) is 6.42 Å². The van der Waals surface area contributed by atoms with Crippen LogP contribution in [0.25, 0.3) is 0 Å². The smallest absolute Gasteiger partial charge is 0.255 e. The molecule has 0 aliphatic heterocycles. The van der Waals surface area contributed by atoms with Gasteiger partial charge in [0, 0.05) is 25.8 Å². The van der Waals surface area contributed by atoms with Gasteiger partial charge in [0.25, 0.3) is 11.8 Å². The molecule has 2 aromatic rings. The third-order valence-corrected chi connectivity index (χ3v) is 3.34. The number of hydrogen-bond acceptors (Lipinski definition) is 3. The number of benzene rings is 2. The second kappa shape index (κ2) is 8.79.